The van der Waals surface area contributed by atoms with E-state index in [0.717, 1.165) is 17.7 Å². The molecular weight excluding hydrogens is 648 g/mol. The van der Waals surface area contributed by atoms with E-state index in [9.17, 15) is 23.1 Å². The minimum Gasteiger partial charge on any atom is -0.506 e. The summed E-state index contributed by atoms with van der Waals surface area (Å²) >= 11 is 0. The first kappa shape index (κ1) is 29.8. The topological polar surface area (TPSA) is 198 Å². The molecule has 0 amide bonds. The van der Waals surface area contributed by atoms with Gasteiger partial charge in [0.05, 0.1) is 28.9 Å². The van der Waals surface area contributed by atoms with E-state index in [2.05, 4.69) is 25.4 Å². The second kappa shape index (κ2) is 11.0. The Hall–Kier alpha value is -6.58. The van der Waals surface area contributed by atoms with Crippen molar-refractivity contribution in [2.75, 3.05) is 0 Å². The zero-order chi connectivity index (χ0) is 34.0. The lowest BCUT2D eigenvalue weighted by molar-refractivity contribution is 0.0733. The number of ketones is 1. The number of Topliss-reactive ketones (excluding diaryl/α,β-unsaturated/α-hetero) is 1. The Bertz CT molecular complexity index is 2780. The van der Waals surface area contributed by atoms with Crippen LogP contribution < -0.4 is 9.88 Å². The molecule has 4 aromatic carbocycles. The summed E-state index contributed by atoms with van der Waals surface area (Å²) in [4.78, 5) is 35.7. The minimum absolute atomic E-state index is 0.0119. The van der Waals surface area contributed by atoms with E-state index in [-0.39, 0.29) is 39.2 Å². The van der Waals surface area contributed by atoms with Crippen molar-refractivity contribution in [3.05, 3.63) is 109 Å². The van der Waals surface area contributed by atoms with E-state index in [0.29, 0.717) is 11.1 Å². The van der Waals surface area contributed by atoms with Gasteiger partial charge in [0.25, 0.3) is 0 Å². The van der Waals surface area contributed by atoms with Gasteiger partial charge in [-0.25, -0.2) is 23.3 Å². The van der Waals surface area contributed by atoms with Crippen molar-refractivity contribution in [3.8, 4) is 23.0 Å². The van der Waals surface area contributed by atoms with Crippen LogP contribution in [0.25, 0.3) is 55.2 Å². The number of esters is 1. The third-order valence-electron chi connectivity index (χ3n) is 8.19. The number of hydrogen-bond donors (Lipinski definition) is 2. The van der Waals surface area contributed by atoms with Gasteiger partial charge in [-0.15, -0.1) is 10.2 Å². The molecule has 0 unspecified atom stereocenters. The van der Waals surface area contributed by atoms with Crippen molar-refractivity contribution in [3.63, 3.8) is 0 Å². The van der Waals surface area contributed by atoms with E-state index < -0.39 is 43.5 Å². The first-order valence-corrected chi connectivity index (χ1v) is 16.2. The summed E-state index contributed by atoms with van der Waals surface area (Å²) in [5, 5.41) is 31.9. The summed E-state index contributed by atoms with van der Waals surface area (Å²) in [6.45, 7) is 1.14. The predicted molar refractivity (Wildman–Crippen MR) is 179 cm³/mol. The van der Waals surface area contributed by atoms with Gasteiger partial charge in [-0.2, -0.15) is 0 Å². The van der Waals surface area contributed by atoms with Crippen LogP contribution in [0.5, 0.6) is 11.5 Å². The summed E-state index contributed by atoms with van der Waals surface area (Å²) in [6, 6.07) is 21.1. The third kappa shape index (κ3) is 4.59. The second-order valence-corrected chi connectivity index (χ2v) is 12.6. The highest BCUT2D eigenvalue weighted by Crippen LogP contribution is 2.47. The fourth-order valence-corrected chi connectivity index (χ4v) is 7.21. The highest BCUT2D eigenvalue weighted by atomic mass is 32.2. The van der Waals surface area contributed by atoms with Crippen LogP contribution in [0.4, 0.5) is 0 Å². The number of carbonyl (C=O) groups is 2. The van der Waals surface area contributed by atoms with Gasteiger partial charge in [-0.3, -0.25) is 18.9 Å². The van der Waals surface area contributed by atoms with E-state index >= 15 is 0 Å². The van der Waals surface area contributed by atoms with Crippen molar-refractivity contribution in [2.45, 2.75) is 11.8 Å². The van der Waals surface area contributed by atoms with Crippen LogP contribution in [-0.2, 0) is 10.0 Å². The molecule has 0 aliphatic carbocycles. The Morgan fingerprint density at radius 2 is 1.63 bits per heavy atom. The van der Waals surface area contributed by atoms with Crippen LogP contribution in [0.15, 0.2) is 102 Å². The fraction of sp³-hybridized carbons (Fsp3) is 0.0294. The highest BCUT2D eigenvalue weighted by molar-refractivity contribution is 7.89. The molecule has 0 fully saturated rings. The molecule has 3 N–H and O–H groups in total. The number of benzene rings is 4. The maximum atomic E-state index is 14.4. The molecule has 49 heavy (non-hydrogen) atoms. The molecule has 0 radical (unpaired) electrons. The number of aromatic hydroxyl groups is 1. The van der Waals surface area contributed by atoms with Gasteiger partial charge in [-0.1, -0.05) is 48.5 Å². The van der Waals surface area contributed by atoms with Gasteiger partial charge in [0.15, 0.2) is 23.0 Å². The molecule has 0 spiro atoms. The first-order valence-electron chi connectivity index (χ1n) is 14.7. The van der Waals surface area contributed by atoms with E-state index in [1.54, 1.807) is 57.7 Å². The molecule has 0 saturated carbocycles. The fourth-order valence-electron chi connectivity index (χ4n) is 6.31. The number of nitrogens with two attached hydrogens (primary N) is 1. The summed E-state index contributed by atoms with van der Waals surface area (Å²) in [5.74, 6) is -2.50. The largest absolute Gasteiger partial charge is 0.506 e. The number of hydrogen-bond acceptors (Lipinski definition) is 11. The van der Waals surface area contributed by atoms with Gasteiger partial charge < -0.3 is 9.84 Å². The zero-order valence-corrected chi connectivity index (χ0v) is 26.2. The maximum Gasteiger partial charge on any atom is 0.348 e. The number of nitrogens with zero attached hydrogens (tertiary/aromatic N) is 7. The van der Waals surface area contributed by atoms with Crippen LogP contribution in [-0.4, -0.2) is 59.8 Å². The average Bonchev–Trinajstić information content (AvgIpc) is 3.60. The number of carbonyl (C=O) groups excluding carboxylic acids is 2. The van der Waals surface area contributed by atoms with E-state index in [4.69, 9.17) is 9.88 Å². The highest BCUT2D eigenvalue weighted by Gasteiger charge is 2.37. The smallest absolute Gasteiger partial charge is 0.348 e. The Morgan fingerprint density at radius 3 is 2.35 bits per heavy atom. The number of para-hydroxylation sites is 1. The maximum absolute atomic E-state index is 14.4. The monoisotopic (exact) mass is 670 g/mol. The Kier molecular flexibility index (Phi) is 6.69. The molecule has 14 nitrogen and oxygen atoms in total. The van der Waals surface area contributed by atoms with Gasteiger partial charge in [-0.05, 0) is 47.2 Å². The lowest BCUT2D eigenvalue weighted by atomic mass is 9.99. The molecular formula is C34H22N8O6S. The summed E-state index contributed by atoms with van der Waals surface area (Å²) in [5.41, 5.74) is -0.0309. The molecule has 0 bridgehead atoms. The molecule has 8 rings (SSSR count). The number of ether oxygens (including phenoxy) is 1. The second-order valence-electron chi connectivity index (χ2n) is 11.1. The number of phenolic OH excluding ortho intramolecular Hbond substituents is 1. The normalized spacial score (nSPS) is 11.9. The van der Waals surface area contributed by atoms with Gasteiger partial charge >= 0.3 is 5.97 Å². The molecule has 15 heteroatoms. The van der Waals surface area contributed by atoms with Crippen molar-refractivity contribution in [2.24, 2.45) is 5.14 Å². The molecule has 0 aliphatic heterocycles. The van der Waals surface area contributed by atoms with Gasteiger partial charge in [0.2, 0.25) is 10.0 Å². The van der Waals surface area contributed by atoms with Crippen molar-refractivity contribution in [1.82, 2.24) is 34.5 Å². The van der Waals surface area contributed by atoms with Crippen molar-refractivity contribution >= 4 is 65.5 Å². The molecule has 0 atom stereocenters. The van der Waals surface area contributed by atoms with Crippen molar-refractivity contribution in [1.29, 1.82) is 0 Å². The van der Waals surface area contributed by atoms with E-state index in [1.807, 2.05) is 24.3 Å². The van der Waals surface area contributed by atoms with Crippen LogP contribution >= 0.6 is 0 Å². The van der Waals surface area contributed by atoms with Crippen molar-refractivity contribution < 1.29 is 27.9 Å². The molecule has 4 aromatic heterocycles. The first-order chi connectivity index (χ1) is 23.6. The Balaban J connectivity index is 1.60. The molecule has 0 saturated heterocycles. The standard InChI is InChI=1S/C34H22N8O6S/c1-18(43)25-29-27(28(30(44)31(25)49(35,46)47)34(45)48-22-12-11-19-7-5-6-8-20(19)15-22)26-23-16-38-40-39-32(23)42(24-17-36-13-14-37-24)33(26)41(29)21-9-3-2-4-10-21/h2-17,44H,1H3,(H2,35,46,47). The van der Waals surface area contributed by atoms with Crippen LogP contribution in [0.3, 0.4) is 0 Å². The number of fused-ring (bicyclic) bond motifs is 6. The van der Waals surface area contributed by atoms with Crippen LogP contribution in [0, 0.1) is 0 Å². The summed E-state index contributed by atoms with van der Waals surface area (Å²) < 4.78 is 35.5. The van der Waals surface area contributed by atoms with Crippen LogP contribution in [0.2, 0.25) is 0 Å². The molecule has 0 aliphatic rings. The van der Waals surface area contributed by atoms with Crippen LogP contribution in [0.1, 0.15) is 27.6 Å². The van der Waals surface area contributed by atoms with Gasteiger partial charge in [0.1, 0.15) is 21.9 Å². The number of rotatable bonds is 6. The lowest BCUT2D eigenvalue weighted by Gasteiger charge is -2.17. The average molecular weight is 671 g/mol. The summed E-state index contributed by atoms with van der Waals surface area (Å²) in [7, 11) is -4.84. The zero-order valence-electron chi connectivity index (χ0n) is 25.3. The van der Waals surface area contributed by atoms with E-state index in [1.165, 1.54) is 24.8 Å². The Labute approximate surface area is 276 Å². The predicted octanol–water partition coefficient (Wildman–Crippen LogP) is 4.63. The minimum atomic E-state index is -4.84. The molecule has 4 heterocycles. The lowest BCUT2D eigenvalue weighted by Crippen LogP contribution is -2.20. The number of aromatic nitrogens is 7. The SMILES string of the molecule is CC(=O)c1c(S(N)(=O)=O)c(O)c(C(=O)Oc2ccc3ccccc3c2)c2c3c4cnnnc4n(-c4cnccn4)c3n(-c3ccccc3)c12. The third-order valence-corrected chi connectivity index (χ3v) is 9.16. The molecule has 240 valence electrons. The quantitative estimate of drug-likeness (QED) is 0.142. The number of phenols is 1. The molecule has 8 aromatic rings. The number of sulfonamides is 1. The van der Waals surface area contributed by atoms with Gasteiger partial charge in [0, 0.05) is 28.9 Å². The summed E-state index contributed by atoms with van der Waals surface area (Å²) in [6.07, 6.45) is 5.83. The Morgan fingerprint density at radius 1 is 0.878 bits per heavy atom. The number of primary sulfonamides is 1.